The molecular formula is C13H21FN2O2S. The van der Waals surface area contributed by atoms with E-state index >= 15 is 0 Å². The van der Waals surface area contributed by atoms with Gasteiger partial charge in [0.15, 0.2) is 0 Å². The van der Waals surface area contributed by atoms with Gasteiger partial charge in [-0.05, 0) is 31.5 Å². The van der Waals surface area contributed by atoms with E-state index in [9.17, 15) is 12.8 Å². The maximum atomic E-state index is 13.3. The predicted octanol–water partition coefficient (Wildman–Crippen LogP) is 2.66. The van der Waals surface area contributed by atoms with Crippen molar-refractivity contribution in [3.05, 3.63) is 24.0 Å². The average Bonchev–Trinajstić information content (AvgIpc) is 2.32. The Balaban J connectivity index is 2.72. The molecule has 0 aliphatic heterocycles. The standard InChI is InChI=1S/C13H21FN2O2S/c1-3-4-5-6-10(2)16-19(17,18)11-7-8-13(15)12(14)9-11/h7-10,16H,3-6,15H2,1-2H3. The Morgan fingerprint density at radius 1 is 1.37 bits per heavy atom. The van der Waals surface area contributed by atoms with Crippen molar-refractivity contribution in [3.8, 4) is 0 Å². The summed E-state index contributed by atoms with van der Waals surface area (Å²) in [7, 11) is -3.68. The molecule has 0 spiro atoms. The number of sulfonamides is 1. The molecule has 0 saturated carbocycles. The first-order valence-electron chi connectivity index (χ1n) is 6.44. The van der Waals surface area contributed by atoms with Crippen LogP contribution in [-0.4, -0.2) is 14.5 Å². The van der Waals surface area contributed by atoms with E-state index in [2.05, 4.69) is 11.6 Å². The quantitative estimate of drug-likeness (QED) is 0.598. The van der Waals surface area contributed by atoms with Gasteiger partial charge in [-0.1, -0.05) is 26.2 Å². The van der Waals surface area contributed by atoms with Gasteiger partial charge in [0, 0.05) is 6.04 Å². The van der Waals surface area contributed by atoms with Gasteiger partial charge < -0.3 is 5.73 Å². The van der Waals surface area contributed by atoms with Crippen molar-refractivity contribution in [2.24, 2.45) is 0 Å². The fourth-order valence-corrected chi connectivity index (χ4v) is 3.06. The Bertz CT molecular complexity index is 517. The SMILES string of the molecule is CCCCCC(C)NS(=O)(=O)c1ccc(N)c(F)c1. The first-order chi connectivity index (χ1) is 8.86. The molecule has 1 atom stereocenters. The molecule has 1 aromatic rings. The number of unbranched alkanes of at least 4 members (excludes halogenated alkanes) is 2. The summed E-state index contributed by atoms with van der Waals surface area (Å²) in [5.41, 5.74) is 5.26. The number of benzene rings is 1. The zero-order valence-electron chi connectivity index (χ0n) is 11.3. The lowest BCUT2D eigenvalue weighted by Gasteiger charge is -2.14. The lowest BCUT2D eigenvalue weighted by molar-refractivity contribution is 0.526. The second kappa shape index (κ2) is 6.86. The second-order valence-electron chi connectivity index (χ2n) is 4.70. The molecule has 0 radical (unpaired) electrons. The van der Waals surface area contributed by atoms with E-state index < -0.39 is 15.8 Å². The van der Waals surface area contributed by atoms with Gasteiger partial charge in [-0.25, -0.2) is 17.5 Å². The van der Waals surface area contributed by atoms with Crippen molar-refractivity contribution < 1.29 is 12.8 Å². The minimum Gasteiger partial charge on any atom is -0.396 e. The fraction of sp³-hybridized carbons (Fsp3) is 0.538. The Kier molecular flexibility index (Phi) is 5.75. The Labute approximate surface area is 114 Å². The van der Waals surface area contributed by atoms with Crippen LogP contribution in [0.5, 0.6) is 0 Å². The van der Waals surface area contributed by atoms with Crippen molar-refractivity contribution in [2.45, 2.75) is 50.5 Å². The molecule has 108 valence electrons. The van der Waals surface area contributed by atoms with Crippen LogP contribution >= 0.6 is 0 Å². The molecular weight excluding hydrogens is 267 g/mol. The number of nitrogens with two attached hydrogens (primary N) is 1. The van der Waals surface area contributed by atoms with Gasteiger partial charge >= 0.3 is 0 Å². The van der Waals surface area contributed by atoms with Crippen LogP contribution in [0.1, 0.15) is 39.5 Å². The van der Waals surface area contributed by atoms with Crippen LogP contribution in [0, 0.1) is 5.82 Å². The summed E-state index contributed by atoms with van der Waals surface area (Å²) in [5, 5.41) is 0. The van der Waals surface area contributed by atoms with Crippen LogP contribution in [0.25, 0.3) is 0 Å². The largest absolute Gasteiger partial charge is 0.396 e. The Morgan fingerprint density at radius 2 is 2.05 bits per heavy atom. The van der Waals surface area contributed by atoms with E-state index in [0.717, 1.165) is 31.7 Å². The Hall–Kier alpha value is -1.14. The molecule has 1 rings (SSSR count). The van der Waals surface area contributed by atoms with E-state index in [0.29, 0.717) is 0 Å². The van der Waals surface area contributed by atoms with Crippen LogP contribution in [0.15, 0.2) is 23.1 Å². The predicted molar refractivity (Wildman–Crippen MR) is 74.7 cm³/mol. The third-order valence-electron chi connectivity index (χ3n) is 2.88. The third-order valence-corrected chi connectivity index (χ3v) is 4.47. The maximum Gasteiger partial charge on any atom is 0.240 e. The first-order valence-corrected chi connectivity index (χ1v) is 7.92. The number of hydrogen-bond donors (Lipinski definition) is 2. The molecule has 0 aliphatic rings. The number of nitrogens with one attached hydrogen (secondary N) is 1. The summed E-state index contributed by atoms with van der Waals surface area (Å²) in [6, 6.07) is 3.33. The molecule has 1 aromatic carbocycles. The molecule has 4 nitrogen and oxygen atoms in total. The van der Waals surface area contributed by atoms with Crippen molar-refractivity contribution in [1.82, 2.24) is 4.72 Å². The summed E-state index contributed by atoms with van der Waals surface area (Å²) in [5.74, 6) is -0.721. The van der Waals surface area contributed by atoms with Crippen molar-refractivity contribution in [1.29, 1.82) is 0 Å². The van der Waals surface area contributed by atoms with E-state index in [1.165, 1.54) is 12.1 Å². The van der Waals surface area contributed by atoms with Crippen molar-refractivity contribution in [2.75, 3.05) is 5.73 Å². The third kappa shape index (κ3) is 4.80. The van der Waals surface area contributed by atoms with Gasteiger partial charge in [0.2, 0.25) is 10.0 Å². The minimum absolute atomic E-state index is 0.0602. The van der Waals surface area contributed by atoms with E-state index in [-0.39, 0.29) is 16.6 Å². The molecule has 0 bridgehead atoms. The van der Waals surface area contributed by atoms with E-state index in [1.807, 2.05) is 0 Å². The van der Waals surface area contributed by atoms with Gasteiger partial charge in [-0.15, -0.1) is 0 Å². The molecule has 6 heteroatoms. The lowest BCUT2D eigenvalue weighted by atomic mass is 10.1. The molecule has 1 unspecified atom stereocenters. The van der Waals surface area contributed by atoms with Crippen LogP contribution in [-0.2, 0) is 10.0 Å². The number of hydrogen-bond acceptors (Lipinski definition) is 3. The highest BCUT2D eigenvalue weighted by Crippen LogP contribution is 2.17. The zero-order chi connectivity index (χ0) is 14.5. The monoisotopic (exact) mass is 288 g/mol. The van der Waals surface area contributed by atoms with Gasteiger partial charge in [0.1, 0.15) is 5.82 Å². The number of rotatable bonds is 7. The number of nitrogen functional groups attached to an aromatic ring is 1. The summed E-state index contributed by atoms with van der Waals surface area (Å²) < 4.78 is 39.9. The maximum absolute atomic E-state index is 13.3. The molecule has 3 N–H and O–H groups in total. The average molecular weight is 288 g/mol. The normalized spacial score (nSPS) is 13.4. The smallest absolute Gasteiger partial charge is 0.240 e. The van der Waals surface area contributed by atoms with Crippen LogP contribution in [0.3, 0.4) is 0 Å². The van der Waals surface area contributed by atoms with Gasteiger partial charge in [-0.2, -0.15) is 0 Å². The summed E-state index contributed by atoms with van der Waals surface area (Å²) in [6.07, 6.45) is 3.89. The van der Waals surface area contributed by atoms with E-state index in [4.69, 9.17) is 5.73 Å². The van der Waals surface area contributed by atoms with Gasteiger partial charge in [0.25, 0.3) is 0 Å². The number of anilines is 1. The summed E-state index contributed by atoms with van der Waals surface area (Å²) >= 11 is 0. The summed E-state index contributed by atoms with van der Waals surface area (Å²) in [6.45, 7) is 3.90. The molecule has 0 heterocycles. The first kappa shape index (κ1) is 15.9. The Morgan fingerprint density at radius 3 is 2.63 bits per heavy atom. The zero-order valence-corrected chi connectivity index (χ0v) is 12.1. The highest BCUT2D eigenvalue weighted by molar-refractivity contribution is 7.89. The number of halogens is 1. The van der Waals surface area contributed by atoms with Gasteiger partial charge in [0.05, 0.1) is 10.6 Å². The fourth-order valence-electron chi connectivity index (χ4n) is 1.77. The van der Waals surface area contributed by atoms with Crippen LogP contribution in [0.4, 0.5) is 10.1 Å². The van der Waals surface area contributed by atoms with E-state index in [1.54, 1.807) is 6.92 Å². The van der Waals surface area contributed by atoms with Crippen molar-refractivity contribution >= 4 is 15.7 Å². The summed E-state index contributed by atoms with van der Waals surface area (Å²) in [4.78, 5) is -0.0958. The highest BCUT2D eigenvalue weighted by atomic mass is 32.2. The second-order valence-corrected chi connectivity index (χ2v) is 6.42. The molecule has 0 aromatic heterocycles. The molecule has 0 aliphatic carbocycles. The molecule has 0 fully saturated rings. The minimum atomic E-state index is -3.68. The topological polar surface area (TPSA) is 72.2 Å². The van der Waals surface area contributed by atoms with Crippen molar-refractivity contribution in [3.63, 3.8) is 0 Å². The molecule has 0 saturated heterocycles. The van der Waals surface area contributed by atoms with Crippen LogP contribution < -0.4 is 10.5 Å². The molecule has 0 amide bonds. The molecule has 19 heavy (non-hydrogen) atoms. The van der Waals surface area contributed by atoms with Gasteiger partial charge in [-0.3, -0.25) is 0 Å². The van der Waals surface area contributed by atoms with Crippen LogP contribution in [0.2, 0.25) is 0 Å². The highest BCUT2D eigenvalue weighted by Gasteiger charge is 2.18. The lowest BCUT2D eigenvalue weighted by Crippen LogP contribution is -2.32.